The molecule has 1 nitrogen and oxygen atoms in total. The van der Waals surface area contributed by atoms with Crippen molar-refractivity contribution in [3.8, 4) is 0 Å². The van der Waals surface area contributed by atoms with Crippen molar-refractivity contribution in [2.45, 2.75) is 0 Å². The SMILES string of the molecule is [Fe].[MgH+].[OH-].[Pt]. The Balaban J connectivity index is 0. The van der Waals surface area contributed by atoms with E-state index >= 15 is 0 Å². The van der Waals surface area contributed by atoms with Gasteiger partial charge in [-0.25, -0.2) is 0 Å². The first-order valence-corrected chi connectivity index (χ1v) is 0. The van der Waals surface area contributed by atoms with Crippen LogP contribution in [-0.2, 0) is 38.1 Å². The predicted octanol–water partition coefficient (Wildman–Crippen LogP) is -0.830. The maximum atomic E-state index is 0. The van der Waals surface area contributed by atoms with Crippen molar-refractivity contribution < 1.29 is 43.6 Å². The molecule has 0 fully saturated rings. The van der Waals surface area contributed by atoms with E-state index in [0.29, 0.717) is 0 Å². The Labute approximate surface area is 66.1 Å². The molecule has 0 rings (SSSR count). The molecule has 0 aromatic carbocycles. The van der Waals surface area contributed by atoms with Crippen LogP contribution in [0.4, 0.5) is 0 Å². The summed E-state index contributed by atoms with van der Waals surface area (Å²) in [4.78, 5) is 0. The Morgan fingerprint density at radius 2 is 1.00 bits per heavy atom. The van der Waals surface area contributed by atoms with Gasteiger partial charge in [0.15, 0.2) is 0 Å². The molecule has 0 atom stereocenters. The standard InChI is InChI=1S/Fe.Mg.H2O.Pt.H/h;;1H2;;/q;+1;;;/p-1. The molecule has 0 aromatic rings. The minimum Gasteiger partial charge on any atom is -0.870 e. The summed E-state index contributed by atoms with van der Waals surface area (Å²) in [5.41, 5.74) is 0. The van der Waals surface area contributed by atoms with Gasteiger partial charge in [0.25, 0.3) is 0 Å². The van der Waals surface area contributed by atoms with Crippen LogP contribution in [0.15, 0.2) is 0 Å². The van der Waals surface area contributed by atoms with Crippen molar-refractivity contribution in [1.29, 1.82) is 0 Å². The number of rotatable bonds is 0. The zero-order chi connectivity index (χ0) is 0. The first-order valence-electron chi connectivity index (χ1n) is 0. The van der Waals surface area contributed by atoms with Gasteiger partial charge in [-0.2, -0.15) is 0 Å². The molecule has 0 aliphatic heterocycles. The quantitative estimate of drug-likeness (QED) is 0.536. The minimum atomic E-state index is 0. The van der Waals surface area contributed by atoms with E-state index in [9.17, 15) is 0 Å². The Bertz CT molecular complexity index is 8.00. The molecule has 0 saturated heterocycles. The van der Waals surface area contributed by atoms with Crippen LogP contribution in [-0.4, -0.2) is 28.5 Å². The molecule has 0 saturated carbocycles. The average molecular weight is 293 g/mol. The normalized spacial score (nSPS) is 0. The van der Waals surface area contributed by atoms with Crippen LogP contribution in [0.5, 0.6) is 0 Å². The van der Waals surface area contributed by atoms with Gasteiger partial charge in [0.2, 0.25) is 0 Å². The summed E-state index contributed by atoms with van der Waals surface area (Å²) in [6, 6.07) is 0. The first kappa shape index (κ1) is 38.6. The second-order valence-corrected chi connectivity index (χ2v) is 0. The molecule has 0 radical (unpaired) electrons. The van der Waals surface area contributed by atoms with E-state index in [2.05, 4.69) is 0 Å². The Kier molecular flexibility index (Phi) is 197. The monoisotopic (exact) mass is 293 g/mol. The summed E-state index contributed by atoms with van der Waals surface area (Å²) < 4.78 is 0. The van der Waals surface area contributed by atoms with E-state index in [4.69, 9.17) is 0 Å². The third kappa shape index (κ3) is 9.05. The molecule has 0 spiro atoms. The van der Waals surface area contributed by atoms with Crippen LogP contribution >= 0.6 is 0 Å². The predicted molar refractivity (Wildman–Crippen MR) is 9.08 cm³/mol. The molecule has 0 aromatic heterocycles. The molecule has 4 heteroatoms. The van der Waals surface area contributed by atoms with Crippen molar-refractivity contribution >= 4 is 23.1 Å². The van der Waals surface area contributed by atoms with Crippen LogP contribution in [0.1, 0.15) is 0 Å². The van der Waals surface area contributed by atoms with E-state index in [1.165, 1.54) is 0 Å². The van der Waals surface area contributed by atoms with Crippen LogP contribution < -0.4 is 0 Å². The third-order valence-electron chi connectivity index (χ3n) is 0. The van der Waals surface area contributed by atoms with Crippen LogP contribution in [0.2, 0.25) is 0 Å². The van der Waals surface area contributed by atoms with Gasteiger partial charge in [0.1, 0.15) is 0 Å². The molecular weight excluding hydrogens is 291 g/mol. The second-order valence-electron chi connectivity index (χ2n) is 0. The van der Waals surface area contributed by atoms with Crippen molar-refractivity contribution in [2.75, 3.05) is 0 Å². The largest absolute Gasteiger partial charge is 0.870 e. The van der Waals surface area contributed by atoms with Crippen molar-refractivity contribution in [3.63, 3.8) is 0 Å². The number of hydrogen-bond acceptors (Lipinski definition) is 1. The van der Waals surface area contributed by atoms with E-state index in [1.807, 2.05) is 0 Å². The van der Waals surface area contributed by atoms with E-state index in [0.717, 1.165) is 0 Å². The molecule has 0 unspecified atom stereocenters. The molecular formula is H2FeMgOPt. The van der Waals surface area contributed by atoms with E-state index in [-0.39, 0.29) is 66.7 Å². The van der Waals surface area contributed by atoms with Gasteiger partial charge in [0.05, 0.1) is 0 Å². The fraction of sp³-hybridized carbons (Fsp3) is 0. The fourth-order valence-electron chi connectivity index (χ4n) is 0. The van der Waals surface area contributed by atoms with Gasteiger partial charge in [-0.3, -0.25) is 0 Å². The van der Waals surface area contributed by atoms with Gasteiger partial charge in [-0.05, 0) is 0 Å². The van der Waals surface area contributed by atoms with Crippen LogP contribution in [0, 0.1) is 0 Å². The van der Waals surface area contributed by atoms with Gasteiger partial charge in [-0.1, -0.05) is 0 Å². The molecule has 0 aliphatic carbocycles. The topological polar surface area (TPSA) is 30.0 Å². The molecule has 0 aliphatic rings. The summed E-state index contributed by atoms with van der Waals surface area (Å²) in [6.07, 6.45) is 0. The molecule has 0 bridgehead atoms. The smallest absolute Gasteiger partial charge is 0 e. The molecule has 28 valence electrons. The van der Waals surface area contributed by atoms with Crippen LogP contribution in [0.25, 0.3) is 0 Å². The molecule has 0 heterocycles. The second kappa shape index (κ2) is 20.4. The fourth-order valence-corrected chi connectivity index (χ4v) is 0. The average Bonchev–Trinajstić information content (AvgIpc) is 0. The summed E-state index contributed by atoms with van der Waals surface area (Å²) in [7, 11) is 0. The summed E-state index contributed by atoms with van der Waals surface area (Å²) >= 11 is 0. The maximum Gasteiger partial charge on any atom is 0 e. The van der Waals surface area contributed by atoms with Gasteiger partial charge >= 0.3 is 23.1 Å². The summed E-state index contributed by atoms with van der Waals surface area (Å²) in [6.45, 7) is 0. The Hall–Kier alpha value is 1.93. The number of hydrogen-bond donors (Lipinski definition) is 0. The zero-order valence-corrected chi connectivity index (χ0v) is 7.49. The summed E-state index contributed by atoms with van der Waals surface area (Å²) in [5, 5.41) is 0. The Morgan fingerprint density at radius 3 is 1.00 bits per heavy atom. The van der Waals surface area contributed by atoms with Gasteiger partial charge in [0, 0.05) is 38.1 Å². The minimum absolute atomic E-state index is 0. The summed E-state index contributed by atoms with van der Waals surface area (Å²) in [5.74, 6) is 0. The Morgan fingerprint density at radius 1 is 1.00 bits per heavy atom. The van der Waals surface area contributed by atoms with E-state index in [1.54, 1.807) is 0 Å². The van der Waals surface area contributed by atoms with Crippen molar-refractivity contribution in [1.82, 2.24) is 0 Å². The van der Waals surface area contributed by atoms with Gasteiger partial charge in [-0.15, -0.1) is 0 Å². The molecule has 0 amide bonds. The van der Waals surface area contributed by atoms with Crippen molar-refractivity contribution in [2.24, 2.45) is 0 Å². The maximum absolute atomic E-state index is 0. The molecule has 1 N–H and O–H groups in total. The first-order chi connectivity index (χ1) is 0. The molecule has 4 heavy (non-hydrogen) atoms. The van der Waals surface area contributed by atoms with Gasteiger partial charge < -0.3 is 5.48 Å². The zero-order valence-electron chi connectivity index (χ0n) is 2.12. The van der Waals surface area contributed by atoms with E-state index < -0.39 is 0 Å². The third-order valence-corrected chi connectivity index (χ3v) is 0. The van der Waals surface area contributed by atoms with Crippen molar-refractivity contribution in [3.05, 3.63) is 0 Å². The van der Waals surface area contributed by atoms with Crippen LogP contribution in [0.3, 0.4) is 0 Å².